The van der Waals surface area contributed by atoms with Crippen LogP contribution < -0.4 is 16.4 Å². The number of carbonyl (C=O) groups excluding carboxylic acids is 3. The largest absolute Gasteiger partial charge is 0.366 e. The molecule has 0 aromatic heterocycles. The molecule has 124 valence electrons. The fourth-order valence-electron chi connectivity index (χ4n) is 2.13. The first-order valence-electron chi connectivity index (χ1n) is 7.50. The number of rotatable bonds is 6. The number of carbonyl (C=O) groups is 3. The van der Waals surface area contributed by atoms with Crippen molar-refractivity contribution in [1.82, 2.24) is 10.6 Å². The van der Waals surface area contributed by atoms with Gasteiger partial charge < -0.3 is 16.4 Å². The maximum Gasteiger partial charge on any atom is 0.251 e. The molecule has 0 aliphatic carbocycles. The zero-order valence-corrected chi connectivity index (χ0v) is 13.3. The predicted molar refractivity (Wildman–Crippen MR) is 90.8 cm³/mol. The van der Waals surface area contributed by atoms with Crippen molar-refractivity contribution in [2.45, 2.75) is 6.92 Å². The Hall–Kier alpha value is -3.15. The SMILES string of the molecule is Cc1cccc(C(=O)NCCNC(=O)c2ccc(C(N)=O)cc2)c1. The van der Waals surface area contributed by atoms with E-state index in [4.69, 9.17) is 5.73 Å². The van der Waals surface area contributed by atoms with Gasteiger partial charge in [0, 0.05) is 29.8 Å². The second-order valence-corrected chi connectivity index (χ2v) is 5.32. The van der Waals surface area contributed by atoms with Crippen molar-refractivity contribution >= 4 is 17.7 Å². The molecular formula is C18H19N3O3. The summed E-state index contributed by atoms with van der Waals surface area (Å²) in [6.07, 6.45) is 0. The molecule has 4 N–H and O–H groups in total. The summed E-state index contributed by atoms with van der Waals surface area (Å²) in [5.41, 5.74) is 7.51. The van der Waals surface area contributed by atoms with Crippen LogP contribution in [0.4, 0.5) is 0 Å². The number of amides is 3. The number of primary amides is 1. The van der Waals surface area contributed by atoms with Gasteiger partial charge in [0.2, 0.25) is 5.91 Å². The molecule has 0 fully saturated rings. The Labute approximate surface area is 140 Å². The van der Waals surface area contributed by atoms with Crippen LogP contribution in [-0.4, -0.2) is 30.8 Å². The number of hydrogen-bond acceptors (Lipinski definition) is 3. The number of nitrogens with two attached hydrogens (primary N) is 1. The molecule has 3 amide bonds. The average molecular weight is 325 g/mol. The lowest BCUT2D eigenvalue weighted by molar-refractivity contribution is 0.0927. The van der Waals surface area contributed by atoms with Crippen LogP contribution >= 0.6 is 0 Å². The van der Waals surface area contributed by atoms with E-state index in [-0.39, 0.29) is 11.8 Å². The summed E-state index contributed by atoms with van der Waals surface area (Å²) in [5.74, 6) is -1.00. The van der Waals surface area contributed by atoms with Crippen LogP contribution in [0, 0.1) is 6.92 Å². The van der Waals surface area contributed by atoms with E-state index < -0.39 is 5.91 Å². The van der Waals surface area contributed by atoms with Crippen LogP contribution in [0.1, 0.15) is 36.6 Å². The molecule has 0 aliphatic rings. The standard InChI is InChI=1S/C18H19N3O3/c1-12-3-2-4-15(11-12)18(24)21-10-9-20-17(23)14-7-5-13(6-8-14)16(19)22/h2-8,11H,9-10H2,1H3,(H2,19,22)(H,20,23)(H,21,24). The topological polar surface area (TPSA) is 101 Å². The second kappa shape index (κ2) is 7.92. The van der Waals surface area contributed by atoms with Gasteiger partial charge in [-0.15, -0.1) is 0 Å². The summed E-state index contributed by atoms with van der Waals surface area (Å²) < 4.78 is 0. The molecule has 0 spiro atoms. The molecule has 24 heavy (non-hydrogen) atoms. The zero-order chi connectivity index (χ0) is 17.5. The monoisotopic (exact) mass is 325 g/mol. The van der Waals surface area contributed by atoms with E-state index in [0.717, 1.165) is 5.56 Å². The number of nitrogens with one attached hydrogen (secondary N) is 2. The summed E-state index contributed by atoms with van der Waals surface area (Å²) in [5, 5.41) is 5.44. The lowest BCUT2D eigenvalue weighted by atomic mass is 10.1. The third-order valence-electron chi connectivity index (χ3n) is 3.41. The van der Waals surface area contributed by atoms with Crippen molar-refractivity contribution in [3.05, 3.63) is 70.8 Å². The molecule has 0 saturated carbocycles. The van der Waals surface area contributed by atoms with Crippen LogP contribution in [0.5, 0.6) is 0 Å². The van der Waals surface area contributed by atoms with E-state index >= 15 is 0 Å². The molecule has 0 radical (unpaired) electrons. The molecule has 2 aromatic rings. The van der Waals surface area contributed by atoms with E-state index in [1.54, 1.807) is 12.1 Å². The van der Waals surface area contributed by atoms with Gasteiger partial charge >= 0.3 is 0 Å². The lowest BCUT2D eigenvalue weighted by Gasteiger charge is -2.08. The highest BCUT2D eigenvalue weighted by atomic mass is 16.2. The van der Waals surface area contributed by atoms with Gasteiger partial charge in [-0.05, 0) is 43.3 Å². The van der Waals surface area contributed by atoms with Crippen molar-refractivity contribution < 1.29 is 14.4 Å². The van der Waals surface area contributed by atoms with Crippen LogP contribution in [0.3, 0.4) is 0 Å². The summed E-state index contributed by atoms with van der Waals surface area (Å²) in [7, 11) is 0. The van der Waals surface area contributed by atoms with Gasteiger partial charge in [-0.2, -0.15) is 0 Å². The van der Waals surface area contributed by atoms with Crippen molar-refractivity contribution in [2.75, 3.05) is 13.1 Å². The molecule has 2 aromatic carbocycles. The highest BCUT2D eigenvalue weighted by Crippen LogP contribution is 2.04. The highest BCUT2D eigenvalue weighted by Gasteiger charge is 2.08. The molecule has 6 nitrogen and oxygen atoms in total. The van der Waals surface area contributed by atoms with E-state index in [9.17, 15) is 14.4 Å². The number of benzene rings is 2. The minimum Gasteiger partial charge on any atom is -0.366 e. The summed E-state index contributed by atoms with van der Waals surface area (Å²) in [6.45, 7) is 2.53. The van der Waals surface area contributed by atoms with Gasteiger partial charge in [0.1, 0.15) is 0 Å². The van der Waals surface area contributed by atoms with Crippen molar-refractivity contribution in [2.24, 2.45) is 5.73 Å². The van der Waals surface area contributed by atoms with Crippen LogP contribution in [0.2, 0.25) is 0 Å². The molecule has 0 saturated heterocycles. The Morgan fingerprint density at radius 1 is 0.833 bits per heavy atom. The Balaban J connectivity index is 1.78. The normalized spacial score (nSPS) is 10.0. The number of hydrogen-bond donors (Lipinski definition) is 3. The van der Waals surface area contributed by atoms with Gasteiger partial charge in [0.15, 0.2) is 0 Å². The number of aryl methyl sites for hydroxylation is 1. The fourth-order valence-corrected chi connectivity index (χ4v) is 2.13. The van der Waals surface area contributed by atoms with Gasteiger partial charge in [0.05, 0.1) is 0 Å². The molecular weight excluding hydrogens is 306 g/mol. The average Bonchev–Trinajstić information content (AvgIpc) is 2.58. The Morgan fingerprint density at radius 2 is 1.38 bits per heavy atom. The Kier molecular flexibility index (Phi) is 5.68. The molecule has 6 heteroatoms. The van der Waals surface area contributed by atoms with Gasteiger partial charge in [0.25, 0.3) is 11.8 Å². The summed E-state index contributed by atoms with van der Waals surface area (Å²) in [4.78, 5) is 34.9. The Bertz CT molecular complexity index is 754. The van der Waals surface area contributed by atoms with E-state index in [2.05, 4.69) is 10.6 Å². The molecule has 0 aliphatic heterocycles. The van der Waals surface area contributed by atoms with E-state index in [1.165, 1.54) is 24.3 Å². The minimum absolute atomic E-state index is 0.182. The van der Waals surface area contributed by atoms with Crippen molar-refractivity contribution in [1.29, 1.82) is 0 Å². The predicted octanol–water partition coefficient (Wildman–Crippen LogP) is 1.25. The molecule has 0 heterocycles. The van der Waals surface area contributed by atoms with Gasteiger partial charge in [-0.1, -0.05) is 17.7 Å². The molecule has 0 bridgehead atoms. The maximum absolute atomic E-state index is 11.9. The third-order valence-corrected chi connectivity index (χ3v) is 3.41. The van der Waals surface area contributed by atoms with Crippen molar-refractivity contribution in [3.8, 4) is 0 Å². The molecule has 0 atom stereocenters. The zero-order valence-electron chi connectivity index (χ0n) is 13.3. The third kappa shape index (κ3) is 4.67. The quantitative estimate of drug-likeness (QED) is 0.697. The first-order chi connectivity index (χ1) is 11.5. The smallest absolute Gasteiger partial charge is 0.251 e. The second-order valence-electron chi connectivity index (χ2n) is 5.32. The van der Waals surface area contributed by atoms with Crippen LogP contribution in [0.25, 0.3) is 0 Å². The minimum atomic E-state index is -0.541. The van der Waals surface area contributed by atoms with E-state index in [0.29, 0.717) is 29.8 Å². The van der Waals surface area contributed by atoms with Crippen molar-refractivity contribution in [3.63, 3.8) is 0 Å². The molecule has 2 rings (SSSR count). The summed E-state index contributed by atoms with van der Waals surface area (Å²) >= 11 is 0. The van der Waals surface area contributed by atoms with Gasteiger partial charge in [-0.25, -0.2) is 0 Å². The van der Waals surface area contributed by atoms with Crippen LogP contribution in [-0.2, 0) is 0 Å². The molecule has 0 unspecified atom stereocenters. The van der Waals surface area contributed by atoms with Crippen LogP contribution in [0.15, 0.2) is 48.5 Å². The maximum atomic E-state index is 11.9. The van der Waals surface area contributed by atoms with Gasteiger partial charge in [-0.3, -0.25) is 14.4 Å². The van der Waals surface area contributed by atoms with E-state index in [1.807, 2.05) is 19.1 Å². The highest BCUT2D eigenvalue weighted by molar-refractivity contribution is 5.97. The fraction of sp³-hybridized carbons (Fsp3) is 0.167. The lowest BCUT2D eigenvalue weighted by Crippen LogP contribution is -2.34. The first kappa shape index (κ1) is 17.2. The summed E-state index contributed by atoms with van der Waals surface area (Å²) in [6, 6.07) is 13.3. The Morgan fingerprint density at radius 3 is 1.92 bits per heavy atom. The first-order valence-corrected chi connectivity index (χ1v) is 7.50.